The van der Waals surface area contributed by atoms with Gasteiger partial charge in [0.2, 0.25) is 11.8 Å². The van der Waals surface area contributed by atoms with Crippen molar-refractivity contribution < 1.29 is 38.1 Å². The highest BCUT2D eigenvalue weighted by Gasteiger charge is 2.39. The van der Waals surface area contributed by atoms with Crippen molar-refractivity contribution in [3.05, 3.63) is 58.7 Å². The lowest BCUT2D eigenvalue weighted by Crippen LogP contribution is -2.32. The lowest BCUT2D eigenvalue weighted by Gasteiger charge is -2.28. The van der Waals surface area contributed by atoms with Crippen molar-refractivity contribution in [2.45, 2.75) is 142 Å². The van der Waals surface area contributed by atoms with Crippen molar-refractivity contribution in [3.63, 3.8) is 0 Å². The summed E-state index contributed by atoms with van der Waals surface area (Å²) in [5, 5.41) is 0. The molecule has 10 heteroatoms. The van der Waals surface area contributed by atoms with Gasteiger partial charge in [-0.2, -0.15) is 0 Å². The molecular formula is C42H58N2O8. The molecule has 2 aromatic carbocycles. The van der Waals surface area contributed by atoms with Gasteiger partial charge in [0.15, 0.2) is 0 Å². The summed E-state index contributed by atoms with van der Waals surface area (Å²) in [7, 11) is 0. The number of ether oxygens (including phenoxy) is 4. The molecule has 4 aliphatic rings. The van der Waals surface area contributed by atoms with Gasteiger partial charge >= 0.3 is 11.9 Å². The Labute approximate surface area is 308 Å². The van der Waals surface area contributed by atoms with Crippen molar-refractivity contribution >= 4 is 23.8 Å². The number of benzene rings is 2. The largest absolute Gasteiger partial charge is 0.490 e. The van der Waals surface area contributed by atoms with Crippen LogP contribution in [0.3, 0.4) is 0 Å². The Kier molecular flexibility index (Phi) is 12.3. The Morgan fingerprint density at radius 2 is 1.00 bits per heavy atom. The summed E-state index contributed by atoms with van der Waals surface area (Å²) in [6.07, 6.45) is 9.95. The average Bonchev–Trinajstić information content (AvgIpc) is 3.96. The van der Waals surface area contributed by atoms with E-state index in [1.165, 1.54) is 0 Å². The number of rotatable bonds is 12. The molecular weight excluding hydrogens is 660 g/mol. The number of hydrogen-bond donors (Lipinski definition) is 2. The van der Waals surface area contributed by atoms with E-state index in [1.807, 2.05) is 77.9 Å². The van der Waals surface area contributed by atoms with Crippen LogP contribution >= 0.6 is 0 Å². The third-order valence-corrected chi connectivity index (χ3v) is 9.99. The van der Waals surface area contributed by atoms with Crippen molar-refractivity contribution in [2.75, 3.05) is 0 Å². The van der Waals surface area contributed by atoms with Gasteiger partial charge < -0.3 is 30.4 Å². The first-order valence-corrected chi connectivity index (χ1v) is 19.0. The van der Waals surface area contributed by atoms with Gasteiger partial charge in [0.1, 0.15) is 22.7 Å². The molecule has 0 radical (unpaired) electrons. The van der Waals surface area contributed by atoms with Crippen LogP contribution in [0.15, 0.2) is 36.4 Å². The summed E-state index contributed by atoms with van der Waals surface area (Å²) in [5.41, 5.74) is 14.3. The Hall–Kier alpha value is -4.08. The zero-order valence-electron chi connectivity index (χ0n) is 31.8. The van der Waals surface area contributed by atoms with E-state index in [1.54, 1.807) is 0 Å². The van der Waals surface area contributed by atoms with Crippen LogP contribution < -0.4 is 20.9 Å². The minimum absolute atomic E-state index is 0.0392. The number of hydrogen-bond acceptors (Lipinski definition) is 8. The van der Waals surface area contributed by atoms with Gasteiger partial charge in [-0.15, -0.1) is 0 Å². The number of fused-ring (bicyclic) bond motifs is 2. The summed E-state index contributed by atoms with van der Waals surface area (Å²) < 4.78 is 23.0. The van der Waals surface area contributed by atoms with Gasteiger partial charge in [0.05, 0.1) is 25.0 Å². The maximum Gasteiger partial charge on any atom is 0.310 e. The first kappa shape index (κ1) is 39.1. The predicted molar refractivity (Wildman–Crippen MR) is 198 cm³/mol. The molecule has 2 aliphatic heterocycles. The first-order valence-electron chi connectivity index (χ1n) is 19.0. The summed E-state index contributed by atoms with van der Waals surface area (Å²) in [5.74, 6) is 1.65. The molecule has 2 saturated carbocycles. The molecule has 0 bridgehead atoms. The molecule has 6 rings (SSSR count). The monoisotopic (exact) mass is 718 g/mol. The molecule has 0 saturated heterocycles. The van der Waals surface area contributed by atoms with Crippen LogP contribution in [0.2, 0.25) is 0 Å². The van der Waals surface area contributed by atoms with E-state index in [2.05, 4.69) is 0 Å². The van der Waals surface area contributed by atoms with Gasteiger partial charge in [-0.1, -0.05) is 24.3 Å². The topological polar surface area (TPSA) is 157 Å². The maximum absolute atomic E-state index is 12.0. The van der Waals surface area contributed by atoms with Gasteiger partial charge in [0, 0.05) is 11.8 Å². The van der Waals surface area contributed by atoms with Crippen molar-refractivity contribution in [2.24, 2.45) is 35.1 Å². The van der Waals surface area contributed by atoms with Crippen LogP contribution in [-0.4, -0.2) is 47.2 Å². The molecule has 2 fully saturated rings. The predicted octanol–water partition coefficient (Wildman–Crippen LogP) is 6.33. The standard InChI is InChI=1S/2C21H29NO4/c2*1-21(2,3)26-19(23)11-13-4-9-18-15(10-13)7-8-16(25-18)12-17(20(22)24)14-5-6-14/h2*4,9-10,14,16-17H,5-8,11-12H2,1-3H3,(H2,22,24)/t16-,17+;16-,17-/m11/s1. The zero-order valence-corrected chi connectivity index (χ0v) is 31.8. The summed E-state index contributed by atoms with van der Waals surface area (Å²) >= 11 is 0. The second kappa shape index (κ2) is 16.3. The second-order valence-corrected chi connectivity index (χ2v) is 17.1. The van der Waals surface area contributed by atoms with Gasteiger partial charge in [-0.3, -0.25) is 19.2 Å². The van der Waals surface area contributed by atoms with E-state index >= 15 is 0 Å². The van der Waals surface area contributed by atoms with Crippen LogP contribution in [0, 0.1) is 23.7 Å². The number of primary amides is 2. The number of carbonyl (C=O) groups is 4. The quantitative estimate of drug-likeness (QED) is 0.241. The van der Waals surface area contributed by atoms with E-state index in [0.717, 1.165) is 85.1 Å². The fourth-order valence-corrected chi connectivity index (χ4v) is 7.28. The van der Waals surface area contributed by atoms with E-state index in [4.69, 9.17) is 30.4 Å². The van der Waals surface area contributed by atoms with Crippen molar-refractivity contribution in [1.82, 2.24) is 0 Å². The Morgan fingerprint density at radius 1 is 0.635 bits per heavy atom. The highest BCUT2D eigenvalue weighted by atomic mass is 16.6. The number of esters is 2. The molecule has 2 aliphatic carbocycles. The second-order valence-electron chi connectivity index (χ2n) is 17.1. The van der Waals surface area contributed by atoms with Gasteiger partial charge in [-0.25, -0.2) is 0 Å². The van der Waals surface area contributed by atoms with Crippen LogP contribution in [-0.2, 0) is 54.3 Å². The minimum Gasteiger partial charge on any atom is -0.490 e. The van der Waals surface area contributed by atoms with Crippen LogP contribution in [0.4, 0.5) is 0 Å². The number of carbonyl (C=O) groups excluding carboxylic acids is 4. The molecule has 2 aromatic rings. The molecule has 2 heterocycles. The van der Waals surface area contributed by atoms with Crippen molar-refractivity contribution in [3.8, 4) is 11.5 Å². The lowest BCUT2D eigenvalue weighted by atomic mass is 9.90. The Morgan fingerprint density at radius 3 is 1.31 bits per heavy atom. The lowest BCUT2D eigenvalue weighted by molar-refractivity contribution is -0.155. The maximum atomic E-state index is 12.0. The molecule has 284 valence electrons. The van der Waals surface area contributed by atoms with Gasteiger partial charge in [0.25, 0.3) is 0 Å². The zero-order chi connectivity index (χ0) is 37.8. The molecule has 0 aromatic heterocycles. The number of aryl methyl sites for hydroxylation is 2. The van der Waals surface area contributed by atoms with E-state index < -0.39 is 11.2 Å². The molecule has 0 spiro atoms. The van der Waals surface area contributed by atoms with Gasteiger partial charge in [-0.05, 0) is 152 Å². The molecule has 0 unspecified atom stereocenters. The number of nitrogens with two attached hydrogens (primary N) is 2. The van der Waals surface area contributed by atoms with Crippen LogP contribution in [0.5, 0.6) is 11.5 Å². The molecule has 2 amide bonds. The van der Waals surface area contributed by atoms with Crippen LogP contribution in [0.25, 0.3) is 0 Å². The van der Waals surface area contributed by atoms with Crippen molar-refractivity contribution in [1.29, 1.82) is 0 Å². The molecule has 52 heavy (non-hydrogen) atoms. The highest BCUT2D eigenvalue weighted by molar-refractivity contribution is 5.78. The number of amides is 2. The van der Waals surface area contributed by atoms with E-state index in [-0.39, 0.29) is 60.6 Å². The molecule has 10 nitrogen and oxygen atoms in total. The summed E-state index contributed by atoms with van der Waals surface area (Å²) in [4.78, 5) is 47.4. The third-order valence-electron chi connectivity index (χ3n) is 9.99. The van der Waals surface area contributed by atoms with E-state index in [0.29, 0.717) is 24.7 Å². The fourth-order valence-electron chi connectivity index (χ4n) is 7.28. The summed E-state index contributed by atoms with van der Waals surface area (Å²) in [6, 6.07) is 11.7. The average molecular weight is 719 g/mol. The van der Waals surface area contributed by atoms with E-state index in [9.17, 15) is 19.2 Å². The smallest absolute Gasteiger partial charge is 0.310 e. The molecule has 4 atom stereocenters. The summed E-state index contributed by atoms with van der Waals surface area (Å²) in [6.45, 7) is 11.2. The highest BCUT2D eigenvalue weighted by Crippen LogP contribution is 2.42. The van der Waals surface area contributed by atoms with Crippen LogP contribution in [0.1, 0.15) is 115 Å². The minimum atomic E-state index is -0.472. The Bertz CT molecular complexity index is 1490. The normalized spacial score (nSPS) is 20.7. The fraction of sp³-hybridized carbons (Fsp3) is 0.619. The molecule has 4 N–H and O–H groups in total. The third kappa shape index (κ3) is 12.0. The Balaban J connectivity index is 0.000000201. The SMILES string of the molecule is CC(C)(C)OC(=O)Cc1ccc2c(c1)CC[C@H](C[C@@H](C(N)=O)C1CC1)O2.CC(C)(C)OC(=O)Cc1ccc2c(c1)CC[C@H](C[C@H](C(N)=O)C1CC1)O2. The first-order chi connectivity index (χ1) is 24.4.